The van der Waals surface area contributed by atoms with Gasteiger partial charge in [-0.15, -0.1) is 0 Å². The molecule has 98 heavy (non-hydrogen) atoms. The maximum atomic E-state index is 12.9. The molecule has 0 aliphatic rings. The molecular formula is C88H136NO8P. The van der Waals surface area contributed by atoms with Crippen molar-refractivity contribution < 1.29 is 42.1 Å². The molecule has 0 aliphatic carbocycles. The molecule has 9 nitrogen and oxygen atoms in total. The largest absolute Gasteiger partial charge is 0.756 e. The van der Waals surface area contributed by atoms with Gasteiger partial charge in [-0.3, -0.25) is 14.2 Å². The third-order valence-electron chi connectivity index (χ3n) is 14.9. The first-order valence-corrected chi connectivity index (χ1v) is 39.2. The smallest absolute Gasteiger partial charge is 0.306 e. The van der Waals surface area contributed by atoms with Crippen LogP contribution in [0.5, 0.6) is 0 Å². The van der Waals surface area contributed by atoms with Crippen molar-refractivity contribution in [3.8, 4) is 0 Å². The number of carbonyl (C=O) groups is 2. The molecule has 0 aliphatic heterocycles. The second-order valence-corrected chi connectivity index (χ2v) is 26.6. The number of unbranched alkanes of at least 4 members (excludes halogenated alkanes) is 12. The van der Waals surface area contributed by atoms with E-state index in [4.69, 9.17) is 18.5 Å². The van der Waals surface area contributed by atoms with E-state index < -0.39 is 32.5 Å². The number of hydrogen-bond acceptors (Lipinski definition) is 8. The third-order valence-corrected chi connectivity index (χ3v) is 15.8. The first-order valence-electron chi connectivity index (χ1n) is 37.7. The summed E-state index contributed by atoms with van der Waals surface area (Å²) in [6.45, 7) is 3.94. The lowest BCUT2D eigenvalue weighted by atomic mass is 10.1. The third kappa shape index (κ3) is 78.8. The monoisotopic (exact) mass is 1370 g/mol. The molecule has 0 heterocycles. The molecular weight excluding hydrogens is 1230 g/mol. The Hall–Kier alpha value is -6.19. The number of carbonyl (C=O) groups excluding carboxylic acids is 2. The number of phosphoric ester groups is 1. The van der Waals surface area contributed by atoms with Crippen molar-refractivity contribution in [3.05, 3.63) is 243 Å². The molecule has 0 saturated carbocycles. The van der Waals surface area contributed by atoms with E-state index in [-0.39, 0.29) is 26.1 Å². The lowest BCUT2D eigenvalue weighted by Gasteiger charge is -2.28. The average molecular weight is 1370 g/mol. The molecule has 0 radical (unpaired) electrons. The first-order chi connectivity index (χ1) is 48.0. The second kappa shape index (κ2) is 75.0. The van der Waals surface area contributed by atoms with Crippen LogP contribution < -0.4 is 4.89 Å². The molecule has 0 saturated heterocycles. The number of likely N-dealkylation sites (N-methyl/N-ethyl adjacent to an activating group) is 1. The van der Waals surface area contributed by atoms with Crippen LogP contribution in [0, 0.1) is 0 Å². The zero-order valence-electron chi connectivity index (χ0n) is 62.1. The fourth-order valence-corrected chi connectivity index (χ4v) is 9.91. The molecule has 0 bridgehead atoms. The van der Waals surface area contributed by atoms with Gasteiger partial charge in [0.1, 0.15) is 19.8 Å². The van der Waals surface area contributed by atoms with Gasteiger partial charge in [-0.1, -0.05) is 308 Å². The van der Waals surface area contributed by atoms with Gasteiger partial charge in [-0.25, -0.2) is 0 Å². The second-order valence-electron chi connectivity index (χ2n) is 25.2. The van der Waals surface area contributed by atoms with Gasteiger partial charge in [0.25, 0.3) is 7.82 Å². The Labute approximate surface area is 600 Å². The fraction of sp³-hybridized carbons (Fsp3) is 0.523. The molecule has 0 rings (SSSR count). The standard InChI is InChI=1S/C88H136NO8P/c1-6-8-10-12-14-16-18-20-22-24-26-28-30-32-34-36-38-40-42-43-44-45-47-49-51-53-55-57-59-61-63-65-67-69-71-73-75-77-79-81-88(91)97-86(85-96-98(92,93)95-83-82-89(3,4)5)84-94-87(90)80-78-76-74-72-70-68-66-64-62-60-58-56-54-52-50-48-46-41-39-37-35-33-31-29-27-25-23-21-19-17-15-13-11-9-7-2/h8-11,14-17,20-23,26-29,32-35,38-41,43-44,47-50,53-56,59-62,66,68,86H,6-7,12-13,18-19,24-25,30-31,36-37,42,45-46,51-52,57-58,63-65,67,69-85H2,1-5H3/b10-8-,11-9-,16-14-,17-15-,22-20-,23-21-,28-26-,29-27-,34-32-,35-33-,40-38-,41-39-,44-43-,49-47-,50-48-,55-53-,56-54-,61-59-,62-60-,68-66-. The molecule has 0 aromatic heterocycles. The van der Waals surface area contributed by atoms with Crippen LogP contribution in [0.2, 0.25) is 0 Å². The fourth-order valence-electron chi connectivity index (χ4n) is 9.18. The summed E-state index contributed by atoms with van der Waals surface area (Å²) in [6.07, 6.45) is 122. The van der Waals surface area contributed by atoms with E-state index in [1.54, 1.807) is 0 Å². The van der Waals surface area contributed by atoms with Gasteiger partial charge >= 0.3 is 11.9 Å². The Bertz CT molecular complexity index is 2560. The van der Waals surface area contributed by atoms with Crippen LogP contribution in [-0.4, -0.2) is 70.0 Å². The number of hydrogen-bond donors (Lipinski definition) is 0. The van der Waals surface area contributed by atoms with Crippen molar-refractivity contribution >= 4 is 19.8 Å². The average Bonchev–Trinajstić information content (AvgIpc) is 1.23. The summed E-state index contributed by atoms with van der Waals surface area (Å²) in [5.74, 6) is -0.891. The summed E-state index contributed by atoms with van der Waals surface area (Å²) in [4.78, 5) is 38.1. The molecule has 0 fully saturated rings. The van der Waals surface area contributed by atoms with E-state index in [1.165, 1.54) is 25.7 Å². The van der Waals surface area contributed by atoms with Crippen molar-refractivity contribution in [2.24, 2.45) is 0 Å². The van der Waals surface area contributed by atoms with Crippen molar-refractivity contribution in [1.29, 1.82) is 0 Å². The zero-order valence-corrected chi connectivity index (χ0v) is 63.0. The van der Waals surface area contributed by atoms with Crippen molar-refractivity contribution in [2.45, 2.75) is 251 Å². The number of nitrogens with zero attached hydrogens (tertiary/aromatic N) is 1. The molecule has 0 spiro atoms. The predicted molar refractivity (Wildman–Crippen MR) is 424 cm³/mol. The summed E-state index contributed by atoms with van der Waals surface area (Å²) < 4.78 is 34.3. The van der Waals surface area contributed by atoms with E-state index in [2.05, 4.69) is 257 Å². The molecule has 2 unspecified atom stereocenters. The minimum Gasteiger partial charge on any atom is -0.756 e. The minimum atomic E-state index is -4.67. The minimum absolute atomic E-state index is 0.0508. The molecule has 2 atom stereocenters. The van der Waals surface area contributed by atoms with Gasteiger partial charge < -0.3 is 27.9 Å². The van der Waals surface area contributed by atoms with E-state index in [0.717, 1.165) is 180 Å². The summed E-state index contributed by atoms with van der Waals surface area (Å²) in [5, 5.41) is 0. The molecule has 0 aromatic rings. The molecule has 0 aromatic carbocycles. The van der Waals surface area contributed by atoms with Crippen LogP contribution in [0.3, 0.4) is 0 Å². The lowest BCUT2D eigenvalue weighted by molar-refractivity contribution is -0.870. The molecule has 0 N–H and O–H groups in total. The van der Waals surface area contributed by atoms with Crippen molar-refractivity contribution in [2.75, 3.05) is 47.5 Å². The van der Waals surface area contributed by atoms with E-state index in [1.807, 2.05) is 21.1 Å². The van der Waals surface area contributed by atoms with Gasteiger partial charge in [0.05, 0.1) is 27.7 Å². The number of esters is 2. The molecule has 546 valence electrons. The maximum absolute atomic E-state index is 12.9. The van der Waals surface area contributed by atoms with Gasteiger partial charge in [0, 0.05) is 12.8 Å². The Balaban J connectivity index is 4.21. The number of ether oxygens (including phenoxy) is 2. The van der Waals surface area contributed by atoms with Gasteiger partial charge in [-0.2, -0.15) is 0 Å². The Morgan fingerprint density at radius 3 is 0.816 bits per heavy atom. The summed E-state index contributed by atoms with van der Waals surface area (Å²) >= 11 is 0. The quantitative estimate of drug-likeness (QED) is 0.0195. The van der Waals surface area contributed by atoms with Crippen LogP contribution >= 0.6 is 7.82 Å². The highest BCUT2D eigenvalue weighted by Gasteiger charge is 2.22. The Kier molecular flexibility index (Phi) is 70.3. The summed E-state index contributed by atoms with van der Waals surface area (Å²) in [7, 11) is 1.11. The highest BCUT2D eigenvalue weighted by atomic mass is 31.2. The summed E-state index contributed by atoms with van der Waals surface area (Å²) in [5.41, 5.74) is 0. The van der Waals surface area contributed by atoms with Crippen LogP contribution in [0.1, 0.15) is 245 Å². The zero-order chi connectivity index (χ0) is 71.1. The number of allylic oxidation sites excluding steroid dienone is 40. The van der Waals surface area contributed by atoms with E-state index in [0.29, 0.717) is 23.9 Å². The highest BCUT2D eigenvalue weighted by Crippen LogP contribution is 2.38. The first kappa shape index (κ1) is 91.8. The topological polar surface area (TPSA) is 111 Å². The number of phosphoric acid groups is 1. The van der Waals surface area contributed by atoms with Gasteiger partial charge in [0.2, 0.25) is 0 Å². The summed E-state index contributed by atoms with van der Waals surface area (Å²) in [6, 6.07) is 0. The number of rotatable bonds is 66. The highest BCUT2D eigenvalue weighted by molar-refractivity contribution is 7.45. The van der Waals surface area contributed by atoms with Crippen molar-refractivity contribution in [1.82, 2.24) is 0 Å². The number of quaternary nitrogens is 1. The van der Waals surface area contributed by atoms with Crippen LogP contribution in [0.25, 0.3) is 0 Å². The predicted octanol–water partition coefficient (Wildman–Crippen LogP) is 24.9. The molecule has 10 heteroatoms. The lowest BCUT2D eigenvalue weighted by Crippen LogP contribution is -2.37. The SMILES string of the molecule is CC/C=C\C/C=C\C/C=C\C/C=C\C/C=C\C/C=C\C/C=C\C/C=C\C/C=C\C/C=C\CCCCCCCCCCC(=O)OC(COC(=O)CCCCCC/C=C\C/C=C\C/C=C\C/C=C\C/C=C\C/C=C\C/C=C\C/C=C\C/C=C\C/C=C\CC)COP(=O)([O-])OCC[N+](C)(C)C. The normalized spacial score (nSPS) is 14.5. The van der Waals surface area contributed by atoms with Crippen LogP contribution in [0.4, 0.5) is 0 Å². The Morgan fingerprint density at radius 1 is 0.316 bits per heavy atom. The van der Waals surface area contributed by atoms with Crippen molar-refractivity contribution in [3.63, 3.8) is 0 Å². The van der Waals surface area contributed by atoms with Gasteiger partial charge in [0.15, 0.2) is 6.10 Å². The Morgan fingerprint density at radius 2 is 0.551 bits per heavy atom. The van der Waals surface area contributed by atoms with Gasteiger partial charge in [-0.05, 0) is 167 Å². The maximum Gasteiger partial charge on any atom is 0.306 e. The van der Waals surface area contributed by atoms with E-state index in [9.17, 15) is 19.0 Å². The van der Waals surface area contributed by atoms with E-state index >= 15 is 0 Å². The molecule has 0 amide bonds. The van der Waals surface area contributed by atoms with Crippen LogP contribution in [0.15, 0.2) is 243 Å². The van der Waals surface area contributed by atoms with Crippen LogP contribution in [-0.2, 0) is 32.7 Å².